The zero-order valence-electron chi connectivity index (χ0n) is 12.7. The number of benzene rings is 1. The van der Waals surface area contributed by atoms with Crippen molar-refractivity contribution in [3.05, 3.63) is 40.3 Å². The molecule has 124 valence electrons. The van der Waals surface area contributed by atoms with Crippen LogP contribution in [0.1, 0.15) is 25.5 Å². The highest BCUT2D eigenvalue weighted by Gasteiger charge is 2.21. The third kappa shape index (κ3) is 2.99. The average molecular weight is 409 g/mol. The van der Waals surface area contributed by atoms with Gasteiger partial charge in [0, 0.05) is 11.1 Å². The molecule has 6 nitrogen and oxygen atoms in total. The number of para-hydroxylation sites is 1. The zero-order chi connectivity index (χ0) is 16.5. The Morgan fingerprint density at radius 3 is 2.92 bits per heavy atom. The summed E-state index contributed by atoms with van der Waals surface area (Å²) in [6, 6.07) is 7.80. The van der Waals surface area contributed by atoms with Crippen molar-refractivity contribution in [3.63, 3.8) is 0 Å². The molecular weight excluding hydrogens is 394 g/mol. The molecule has 1 fully saturated rings. The van der Waals surface area contributed by atoms with Gasteiger partial charge in [-0.05, 0) is 58.9 Å². The number of nitrogens with one attached hydrogen (secondary N) is 1. The number of halogens is 2. The first-order valence-electron chi connectivity index (χ1n) is 7.75. The summed E-state index contributed by atoms with van der Waals surface area (Å²) in [7, 11) is 0. The van der Waals surface area contributed by atoms with Crippen LogP contribution in [-0.2, 0) is 4.74 Å². The number of fused-ring (bicyclic) bond motifs is 1. The van der Waals surface area contributed by atoms with Gasteiger partial charge in [-0.25, -0.2) is 4.98 Å². The predicted molar refractivity (Wildman–Crippen MR) is 96.6 cm³/mol. The van der Waals surface area contributed by atoms with E-state index in [0.717, 1.165) is 36.0 Å². The number of rotatable bonds is 3. The summed E-state index contributed by atoms with van der Waals surface area (Å²) < 4.78 is 8.71. The Labute approximate surface area is 152 Å². The van der Waals surface area contributed by atoms with E-state index in [1.165, 1.54) is 0 Å². The van der Waals surface area contributed by atoms with E-state index in [4.69, 9.17) is 16.3 Å². The molecule has 3 heterocycles. The van der Waals surface area contributed by atoms with Gasteiger partial charge < -0.3 is 10.1 Å². The predicted octanol–water partition coefficient (Wildman–Crippen LogP) is 4.68. The van der Waals surface area contributed by atoms with Crippen molar-refractivity contribution < 1.29 is 4.74 Å². The van der Waals surface area contributed by atoms with Crippen LogP contribution >= 0.6 is 27.5 Å². The molecule has 2 aromatic heterocycles. The van der Waals surface area contributed by atoms with E-state index < -0.39 is 0 Å². The quantitative estimate of drug-likeness (QED) is 0.637. The maximum Gasteiger partial charge on any atom is 0.226 e. The van der Waals surface area contributed by atoms with Crippen LogP contribution in [-0.4, -0.2) is 26.1 Å². The lowest BCUT2D eigenvalue weighted by Crippen LogP contribution is -2.17. The van der Waals surface area contributed by atoms with Crippen molar-refractivity contribution in [1.82, 2.24) is 19.5 Å². The van der Waals surface area contributed by atoms with Crippen molar-refractivity contribution in [2.45, 2.75) is 25.5 Å². The minimum Gasteiger partial charge on any atom is -0.358 e. The van der Waals surface area contributed by atoms with E-state index in [2.05, 4.69) is 36.2 Å². The second-order valence-corrected chi connectivity index (χ2v) is 6.78. The standard InChI is InChI=1S/C16H15BrClN5O/c17-10-5-1-2-6-11(10)20-14-13-15(22-16(18)21-14)23(9-19-13)12-7-3-4-8-24-12/h1-2,5-6,9,12H,3-4,7-8H2,(H,20,21,22). The zero-order valence-corrected chi connectivity index (χ0v) is 15.1. The Morgan fingerprint density at radius 1 is 1.25 bits per heavy atom. The van der Waals surface area contributed by atoms with Crippen molar-refractivity contribution >= 4 is 50.2 Å². The van der Waals surface area contributed by atoms with E-state index in [9.17, 15) is 0 Å². The fourth-order valence-electron chi connectivity index (χ4n) is 2.82. The van der Waals surface area contributed by atoms with Gasteiger partial charge in [0.1, 0.15) is 6.23 Å². The summed E-state index contributed by atoms with van der Waals surface area (Å²) in [6.07, 6.45) is 4.86. The van der Waals surface area contributed by atoms with Gasteiger partial charge in [-0.15, -0.1) is 0 Å². The van der Waals surface area contributed by atoms with Crippen LogP contribution in [0.5, 0.6) is 0 Å². The maximum atomic E-state index is 6.14. The normalized spacial score (nSPS) is 18.0. The molecule has 3 aromatic rings. The molecule has 0 bridgehead atoms. The topological polar surface area (TPSA) is 64.9 Å². The van der Waals surface area contributed by atoms with E-state index in [1.54, 1.807) is 6.33 Å². The van der Waals surface area contributed by atoms with Gasteiger partial charge in [0.05, 0.1) is 12.0 Å². The fraction of sp³-hybridized carbons (Fsp3) is 0.312. The van der Waals surface area contributed by atoms with E-state index in [1.807, 2.05) is 28.8 Å². The second-order valence-electron chi connectivity index (χ2n) is 5.59. The van der Waals surface area contributed by atoms with Crippen molar-refractivity contribution in [1.29, 1.82) is 0 Å². The molecule has 1 N–H and O–H groups in total. The summed E-state index contributed by atoms with van der Waals surface area (Å²) >= 11 is 9.66. The first-order valence-corrected chi connectivity index (χ1v) is 8.93. The Morgan fingerprint density at radius 2 is 2.12 bits per heavy atom. The molecule has 1 aromatic carbocycles. The Balaban J connectivity index is 1.76. The second kappa shape index (κ2) is 6.66. The van der Waals surface area contributed by atoms with Crippen LogP contribution in [0.15, 0.2) is 35.1 Å². The molecule has 0 saturated carbocycles. The van der Waals surface area contributed by atoms with E-state index in [-0.39, 0.29) is 11.5 Å². The summed E-state index contributed by atoms with van der Waals surface area (Å²) in [5.41, 5.74) is 2.23. The Kier molecular flexibility index (Phi) is 4.39. The lowest BCUT2D eigenvalue weighted by Gasteiger charge is -2.23. The SMILES string of the molecule is Clc1nc(Nc2ccccc2Br)c2ncn(C3CCCCO3)c2n1. The summed E-state index contributed by atoms with van der Waals surface area (Å²) in [6.45, 7) is 0.755. The highest BCUT2D eigenvalue weighted by atomic mass is 79.9. The third-order valence-corrected chi connectivity index (χ3v) is 4.85. The molecule has 0 radical (unpaired) electrons. The first kappa shape index (κ1) is 15.8. The molecule has 8 heteroatoms. The van der Waals surface area contributed by atoms with Crippen LogP contribution in [0.2, 0.25) is 5.28 Å². The first-order chi connectivity index (χ1) is 11.7. The van der Waals surface area contributed by atoms with E-state index >= 15 is 0 Å². The Bertz CT molecular complexity index is 878. The highest BCUT2D eigenvalue weighted by molar-refractivity contribution is 9.10. The number of ether oxygens (including phenoxy) is 1. The molecule has 4 rings (SSSR count). The summed E-state index contributed by atoms with van der Waals surface area (Å²) in [5.74, 6) is 0.575. The largest absolute Gasteiger partial charge is 0.358 e. The molecular formula is C16H15BrClN5O. The number of hydrogen-bond acceptors (Lipinski definition) is 5. The fourth-order valence-corrected chi connectivity index (χ4v) is 3.37. The third-order valence-electron chi connectivity index (χ3n) is 3.99. The van der Waals surface area contributed by atoms with Crippen molar-refractivity contribution in [3.8, 4) is 0 Å². The van der Waals surface area contributed by atoms with Crippen LogP contribution in [0.4, 0.5) is 11.5 Å². The molecule has 0 spiro atoms. The van der Waals surface area contributed by atoms with Gasteiger partial charge >= 0.3 is 0 Å². The van der Waals surface area contributed by atoms with Gasteiger partial charge in [0.15, 0.2) is 17.0 Å². The maximum absolute atomic E-state index is 6.14. The number of anilines is 2. The minimum absolute atomic E-state index is 0.0500. The molecule has 1 aliphatic heterocycles. The molecule has 0 amide bonds. The van der Waals surface area contributed by atoms with Crippen LogP contribution < -0.4 is 5.32 Å². The molecule has 1 atom stereocenters. The smallest absolute Gasteiger partial charge is 0.226 e. The number of aromatic nitrogens is 4. The van der Waals surface area contributed by atoms with Crippen LogP contribution in [0.3, 0.4) is 0 Å². The summed E-state index contributed by atoms with van der Waals surface area (Å²) in [5, 5.41) is 3.45. The lowest BCUT2D eigenvalue weighted by atomic mass is 10.2. The van der Waals surface area contributed by atoms with Gasteiger partial charge in [-0.2, -0.15) is 9.97 Å². The number of imidazole rings is 1. The van der Waals surface area contributed by atoms with Crippen molar-refractivity contribution in [2.24, 2.45) is 0 Å². The Hall–Kier alpha value is -1.70. The van der Waals surface area contributed by atoms with Gasteiger partial charge in [-0.1, -0.05) is 12.1 Å². The van der Waals surface area contributed by atoms with E-state index in [0.29, 0.717) is 17.0 Å². The molecule has 0 aliphatic carbocycles. The lowest BCUT2D eigenvalue weighted by molar-refractivity contribution is -0.0298. The highest BCUT2D eigenvalue weighted by Crippen LogP contribution is 2.31. The van der Waals surface area contributed by atoms with Crippen molar-refractivity contribution in [2.75, 3.05) is 11.9 Å². The minimum atomic E-state index is -0.0500. The summed E-state index contributed by atoms with van der Waals surface area (Å²) in [4.78, 5) is 13.1. The van der Waals surface area contributed by atoms with Crippen LogP contribution in [0, 0.1) is 0 Å². The van der Waals surface area contributed by atoms with Gasteiger partial charge in [0.2, 0.25) is 5.28 Å². The van der Waals surface area contributed by atoms with Gasteiger partial charge in [-0.3, -0.25) is 4.57 Å². The molecule has 1 saturated heterocycles. The number of hydrogen-bond donors (Lipinski definition) is 1. The molecule has 1 unspecified atom stereocenters. The monoisotopic (exact) mass is 407 g/mol. The molecule has 24 heavy (non-hydrogen) atoms. The number of nitrogens with zero attached hydrogens (tertiary/aromatic N) is 4. The average Bonchev–Trinajstić information content (AvgIpc) is 3.01. The van der Waals surface area contributed by atoms with Crippen LogP contribution in [0.25, 0.3) is 11.2 Å². The molecule has 1 aliphatic rings. The van der Waals surface area contributed by atoms with Gasteiger partial charge in [0.25, 0.3) is 0 Å².